The molecule has 136 valence electrons. The van der Waals surface area contributed by atoms with Crippen molar-refractivity contribution < 1.29 is 40.3 Å². The van der Waals surface area contributed by atoms with Gasteiger partial charge in [0.05, 0.1) is 17.7 Å². The molecule has 2 N–H and O–H groups in total. The van der Waals surface area contributed by atoms with Crippen molar-refractivity contribution in [3.05, 3.63) is 41.2 Å². The number of hydrogen-bond acceptors (Lipinski definition) is 4. The first-order valence-corrected chi connectivity index (χ1v) is 6.80. The summed E-state index contributed by atoms with van der Waals surface area (Å²) in [5.74, 6) is -2.30. The second kappa shape index (κ2) is 6.34. The molecule has 0 saturated carbocycles. The molecule has 25 heavy (non-hydrogen) atoms. The summed E-state index contributed by atoms with van der Waals surface area (Å²) in [6, 6.07) is 2.51. The van der Waals surface area contributed by atoms with E-state index in [1.54, 1.807) is 0 Å². The van der Waals surface area contributed by atoms with Gasteiger partial charge in [-0.15, -0.1) is 0 Å². The number of nitrogens with two attached hydrogens (primary N) is 1. The molecule has 2 aromatic rings. The lowest BCUT2D eigenvalue weighted by atomic mass is 9.97. The molecule has 1 heterocycles. The number of hydrogen-bond donors (Lipinski definition) is 1. The van der Waals surface area contributed by atoms with E-state index in [0.29, 0.717) is 12.1 Å². The van der Waals surface area contributed by atoms with Gasteiger partial charge in [0.25, 0.3) is 0 Å². The average molecular weight is 367 g/mol. The zero-order chi connectivity index (χ0) is 19.0. The predicted octanol–water partition coefficient (Wildman–Crippen LogP) is 4.74. The zero-order valence-electron chi connectivity index (χ0n) is 12.6. The Morgan fingerprint density at radius 1 is 1.08 bits per heavy atom. The van der Waals surface area contributed by atoms with E-state index in [4.69, 9.17) is 10.2 Å². The SMILES string of the molecule is CCOC(=O)c1ccc(-c2c(C(F)(F)F)cc(N)cc2C(F)(F)F)o1. The van der Waals surface area contributed by atoms with Gasteiger partial charge in [-0.1, -0.05) is 0 Å². The first-order valence-electron chi connectivity index (χ1n) is 6.80. The van der Waals surface area contributed by atoms with Crippen LogP contribution in [-0.4, -0.2) is 12.6 Å². The van der Waals surface area contributed by atoms with Crippen LogP contribution in [0.4, 0.5) is 32.0 Å². The Kier molecular flexibility index (Phi) is 4.74. The fourth-order valence-electron chi connectivity index (χ4n) is 2.16. The monoisotopic (exact) mass is 367 g/mol. The van der Waals surface area contributed by atoms with Crippen LogP contribution >= 0.6 is 0 Å². The van der Waals surface area contributed by atoms with E-state index in [1.807, 2.05) is 0 Å². The van der Waals surface area contributed by atoms with Gasteiger partial charge in [-0.05, 0) is 31.2 Å². The zero-order valence-corrected chi connectivity index (χ0v) is 12.6. The molecular formula is C15H11F6NO3. The van der Waals surface area contributed by atoms with Crippen LogP contribution in [0.3, 0.4) is 0 Å². The molecule has 0 unspecified atom stereocenters. The minimum absolute atomic E-state index is 0.0433. The second-order valence-electron chi connectivity index (χ2n) is 4.87. The Bertz CT molecular complexity index is 756. The Balaban J connectivity index is 2.73. The third kappa shape index (κ3) is 3.89. The number of esters is 1. The topological polar surface area (TPSA) is 65.5 Å². The van der Waals surface area contributed by atoms with Crippen molar-refractivity contribution in [3.63, 3.8) is 0 Å². The molecule has 0 atom stereocenters. The molecule has 0 saturated heterocycles. The third-order valence-corrected chi connectivity index (χ3v) is 3.10. The van der Waals surface area contributed by atoms with Gasteiger partial charge >= 0.3 is 18.3 Å². The number of furan rings is 1. The summed E-state index contributed by atoms with van der Waals surface area (Å²) in [6.45, 7) is 1.43. The molecular weight excluding hydrogens is 356 g/mol. The number of rotatable bonds is 3. The molecule has 0 aliphatic rings. The molecule has 0 amide bonds. The highest BCUT2D eigenvalue weighted by Gasteiger charge is 2.42. The number of halogens is 6. The summed E-state index contributed by atoms with van der Waals surface area (Å²) in [7, 11) is 0. The van der Waals surface area contributed by atoms with Crippen LogP contribution in [0.25, 0.3) is 11.3 Å². The van der Waals surface area contributed by atoms with Gasteiger partial charge in [0.2, 0.25) is 5.76 Å². The maximum absolute atomic E-state index is 13.2. The smallest absolute Gasteiger partial charge is 0.417 e. The molecule has 2 rings (SSSR count). The lowest BCUT2D eigenvalue weighted by Gasteiger charge is -2.18. The van der Waals surface area contributed by atoms with Crippen molar-refractivity contribution in [1.82, 2.24) is 0 Å². The van der Waals surface area contributed by atoms with Crippen molar-refractivity contribution in [1.29, 1.82) is 0 Å². The minimum atomic E-state index is -5.12. The number of ether oxygens (including phenoxy) is 1. The maximum Gasteiger partial charge on any atom is 0.417 e. The van der Waals surface area contributed by atoms with Gasteiger partial charge in [0.1, 0.15) is 5.76 Å². The predicted molar refractivity (Wildman–Crippen MR) is 74.5 cm³/mol. The number of carbonyl (C=O) groups excluding carboxylic acids is 1. The van der Waals surface area contributed by atoms with Crippen molar-refractivity contribution >= 4 is 11.7 Å². The van der Waals surface area contributed by atoms with E-state index in [1.165, 1.54) is 6.92 Å². The largest absolute Gasteiger partial charge is 0.460 e. The van der Waals surface area contributed by atoms with E-state index in [9.17, 15) is 31.1 Å². The summed E-state index contributed by atoms with van der Waals surface area (Å²) in [5, 5.41) is 0. The average Bonchev–Trinajstić information content (AvgIpc) is 2.94. The number of carbonyl (C=O) groups is 1. The standard InChI is InChI=1S/C15H11F6NO3/c1-2-24-13(23)11-4-3-10(25-11)12-8(14(16,17)18)5-7(22)6-9(12)15(19,20)21/h3-6H,2,22H2,1H3. The van der Waals surface area contributed by atoms with Gasteiger partial charge < -0.3 is 14.9 Å². The van der Waals surface area contributed by atoms with Crippen LogP contribution in [-0.2, 0) is 17.1 Å². The van der Waals surface area contributed by atoms with Crippen LogP contribution in [0, 0.1) is 0 Å². The van der Waals surface area contributed by atoms with Crippen molar-refractivity contribution in [2.45, 2.75) is 19.3 Å². The molecule has 0 aliphatic heterocycles. The first kappa shape index (κ1) is 18.7. The van der Waals surface area contributed by atoms with E-state index in [2.05, 4.69) is 4.74 Å². The molecule has 4 nitrogen and oxygen atoms in total. The number of benzene rings is 1. The highest BCUT2D eigenvalue weighted by molar-refractivity contribution is 5.87. The van der Waals surface area contributed by atoms with Crippen molar-refractivity contribution in [2.75, 3.05) is 12.3 Å². The van der Waals surface area contributed by atoms with Crippen LogP contribution in [0.1, 0.15) is 28.6 Å². The number of anilines is 1. The molecule has 0 bridgehead atoms. The Hall–Kier alpha value is -2.65. The Morgan fingerprint density at radius 2 is 1.60 bits per heavy atom. The molecule has 0 radical (unpaired) electrons. The third-order valence-electron chi connectivity index (χ3n) is 3.10. The van der Waals surface area contributed by atoms with Gasteiger partial charge in [-0.25, -0.2) is 4.79 Å². The maximum atomic E-state index is 13.2. The fourth-order valence-corrected chi connectivity index (χ4v) is 2.16. The summed E-state index contributed by atoms with van der Waals surface area (Å²) >= 11 is 0. The molecule has 0 aliphatic carbocycles. The minimum Gasteiger partial charge on any atom is -0.460 e. The van der Waals surface area contributed by atoms with E-state index >= 15 is 0 Å². The van der Waals surface area contributed by atoms with Gasteiger partial charge in [0, 0.05) is 11.3 Å². The number of alkyl halides is 6. The highest BCUT2D eigenvalue weighted by Crippen LogP contribution is 2.46. The summed E-state index contributed by atoms with van der Waals surface area (Å²) in [4.78, 5) is 11.5. The Labute approximate surface area is 137 Å². The quantitative estimate of drug-likeness (QED) is 0.483. The molecule has 0 fully saturated rings. The molecule has 1 aromatic carbocycles. The van der Waals surface area contributed by atoms with Gasteiger partial charge in [-0.2, -0.15) is 26.3 Å². The summed E-state index contributed by atoms with van der Waals surface area (Å²) in [6.07, 6.45) is -10.2. The highest BCUT2D eigenvalue weighted by atomic mass is 19.4. The molecule has 10 heteroatoms. The van der Waals surface area contributed by atoms with E-state index in [0.717, 1.165) is 12.1 Å². The lowest BCUT2D eigenvalue weighted by molar-refractivity contribution is -0.142. The fraction of sp³-hybridized carbons (Fsp3) is 0.267. The van der Waals surface area contributed by atoms with Crippen LogP contribution in [0.5, 0.6) is 0 Å². The van der Waals surface area contributed by atoms with Gasteiger partial charge in [0.15, 0.2) is 0 Å². The number of nitrogen functional groups attached to an aromatic ring is 1. The van der Waals surface area contributed by atoms with Crippen molar-refractivity contribution in [3.8, 4) is 11.3 Å². The lowest BCUT2D eigenvalue weighted by Crippen LogP contribution is -2.15. The molecule has 0 spiro atoms. The summed E-state index contributed by atoms with van der Waals surface area (Å²) < 4.78 is 88.7. The van der Waals surface area contributed by atoms with Crippen molar-refractivity contribution in [2.24, 2.45) is 0 Å². The molecule has 1 aromatic heterocycles. The van der Waals surface area contributed by atoms with Crippen LogP contribution in [0.15, 0.2) is 28.7 Å². The second-order valence-corrected chi connectivity index (χ2v) is 4.87. The normalized spacial score (nSPS) is 12.3. The van der Waals surface area contributed by atoms with Crippen LogP contribution in [0.2, 0.25) is 0 Å². The van der Waals surface area contributed by atoms with Crippen LogP contribution < -0.4 is 5.73 Å². The first-order chi connectivity index (χ1) is 11.4. The van der Waals surface area contributed by atoms with E-state index in [-0.39, 0.29) is 6.61 Å². The Morgan fingerprint density at radius 3 is 2.04 bits per heavy atom. The summed E-state index contributed by atoms with van der Waals surface area (Å²) in [5.41, 5.74) is -0.00691. The van der Waals surface area contributed by atoms with Gasteiger partial charge in [-0.3, -0.25) is 0 Å². The van der Waals surface area contributed by atoms with E-state index < -0.39 is 52.2 Å².